The Hall–Kier alpha value is -2.24. The molecule has 0 unspecified atom stereocenters. The Balaban J connectivity index is 3.33. The molecule has 0 radical (unpaired) electrons. The van der Waals surface area contributed by atoms with E-state index >= 15 is 0 Å². The summed E-state index contributed by atoms with van der Waals surface area (Å²) in [4.78, 5) is 0. The summed E-state index contributed by atoms with van der Waals surface area (Å²) in [5.74, 6) is 0.960. The molecule has 0 bridgehead atoms. The molecule has 0 spiro atoms. The van der Waals surface area contributed by atoms with E-state index in [4.69, 9.17) is 19.9 Å². The first-order valence-electron chi connectivity index (χ1n) is 4.37. The van der Waals surface area contributed by atoms with Crippen LogP contribution in [0.3, 0.4) is 0 Å². The topological polar surface area (TPSA) is 83.6 Å². The number of nitrogens with zero attached hydrogens (tertiary/aromatic N) is 2. The summed E-state index contributed by atoms with van der Waals surface area (Å²) in [7, 11) is 2.97. The summed E-state index contributed by atoms with van der Waals surface area (Å²) < 4.78 is 10.2. The Morgan fingerprint density at radius 1 is 0.938 bits per heavy atom. The number of oxime groups is 2. The molecule has 0 atom stereocenters. The molecule has 0 saturated carbocycles. The molecule has 2 N–H and O–H groups in total. The van der Waals surface area contributed by atoms with Gasteiger partial charge < -0.3 is 19.9 Å². The zero-order chi connectivity index (χ0) is 12.0. The molecule has 1 rings (SSSR count). The van der Waals surface area contributed by atoms with Crippen molar-refractivity contribution in [2.45, 2.75) is 0 Å². The number of methoxy groups -OCH3 is 2. The van der Waals surface area contributed by atoms with Crippen LogP contribution in [0.15, 0.2) is 22.4 Å². The van der Waals surface area contributed by atoms with E-state index in [2.05, 4.69) is 10.3 Å². The third-order valence-corrected chi connectivity index (χ3v) is 1.98. The lowest BCUT2D eigenvalue weighted by atomic mass is 10.1. The van der Waals surface area contributed by atoms with Gasteiger partial charge in [0.2, 0.25) is 0 Å². The second-order valence-corrected chi connectivity index (χ2v) is 2.83. The van der Waals surface area contributed by atoms with Gasteiger partial charge in [0, 0.05) is 11.1 Å². The SMILES string of the molecule is COc1cc(/C=N/O)c(OC)cc1/C=N/O. The number of hydrogen-bond acceptors (Lipinski definition) is 6. The summed E-state index contributed by atoms with van der Waals surface area (Å²) in [6, 6.07) is 3.21. The van der Waals surface area contributed by atoms with Gasteiger partial charge in [-0.2, -0.15) is 0 Å². The molecular formula is C10H12N2O4. The lowest BCUT2D eigenvalue weighted by molar-refractivity contribution is 0.321. The van der Waals surface area contributed by atoms with Crippen LogP contribution in [0.1, 0.15) is 11.1 Å². The molecule has 0 aliphatic heterocycles. The molecule has 1 aromatic carbocycles. The molecule has 0 amide bonds. The largest absolute Gasteiger partial charge is 0.496 e. The first kappa shape index (κ1) is 11.8. The summed E-state index contributed by atoms with van der Waals surface area (Å²) in [6.07, 6.45) is 2.45. The van der Waals surface area contributed by atoms with E-state index in [1.165, 1.54) is 26.6 Å². The Bertz CT molecular complexity index is 376. The van der Waals surface area contributed by atoms with Crippen molar-refractivity contribution in [3.8, 4) is 11.5 Å². The number of benzene rings is 1. The summed E-state index contributed by atoms with van der Waals surface area (Å²) >= 11 is 0. The predicted octanol–water partition coefficient (Wildman–Crippen LogP) is 1.32. The summed E-state index contributed by atoms with van der Waals surface area (Å²) in [5, 5.41) is 22.8. The van der Waals surface area contributed by atoms with Crippen LogP contribution in [0.4, 0.5) is 0 Å². The van der Waals surface area contributed by atoms with Crippen LogP contribution in [0.25, 0.3) is 0 Å². The smallest absolute Gasteiger partial charge is 0.128 e. The lowest BCUT2D eigenvalue weighted by Crippen LogP contribution is -1.97. The molecule has 0 aliphatic carbocycles. The minimum Gasteiger partial charge on any atom is -0.496 e. The fourth-order valence-electron chi connectivity index (χ4n) is 1.27. The molecule has 1 aromatic rings. The maximum atomic E-state index is 8.48. The van der Waals surface area contributed by atoms with Crippen molar-refractivity contribution in [3.63, 3.8) is 0 Å². The molecule has 0 saturated heterocycles. The van der Waals surface area contributed by atoms with Gasteiger partial charge in [0.05, 0.1) is 26.6 Å². The zero-order valence-electron chi connectivity index (χ0n) is 8.91. The number of ether oxygens (including phenoxy) is 2. The molecule has 0 fully saturated rings. The molecule has 0 aliphatic rings. The van der Waals surface area contributed by atoms with Crippen LogP contribution in [0.5, 0.6) is 11.5 Å². The predicted molar refractivity (Wildman–Crippen MR) is 58.3 cm³/mol. The van der Waals surface area contributed by atoms with Crippen molar-refractivity contribution in [1.82, 2.24) is 0 Å². The summed E-state index contributed by atoms with van der Waals surface area (Å²) in [5.41, 5.74) is 1.11. The van der Waals surface area contributed by atoms with Crippen molar-refractivity contribution in [1.29, 1.82) is 0 Å². The van der Waals surface area contributed by atoms with Crippen molar-refractivity contribution in [2.24, 2.45) is 10.3 Å². The average molecular weight is 224 g/mol. The molecule has 6 nitrogen and oxygen atoms in total. The first-order chi connectivity index (χ1) is 7.76. The van der Waals surface area contributed by atoms with Crippen LogP contribution in [-0.4, -0.2) is 37.1 Å². The highest BCUT2D eigenvalue weighted by Crippen LogP contribution is 2.26. The van der Waals surface area contributed by atoms with Crippen molar-refractivity contribution in [2.75, 3.05) is 14.2 Å². The van der Waals surface area contributed by atoms with Crippen LogP contribution < -0.4 is 9.47 Å². The number of hydrogen-bond donors (Lipinski definition) is 2. The van der Waals surface area contributed by atoms with Gasteiger partial charge in [-0.1, -0.05) is 10.3 Å². The van der Waals surface area contributed by atoms with E-state index in [-0.39, 0.29) is 0 Å². The Morgan fingerprint density at radius 2 is 1.31 bits per heavy atom. The van der Waals surface area contributed by atoms with E-state index in [9.17, 15) is 0 Å². The molecule has 6 heteroatoms. The molecule has 0 heterocycles. The normalized spacial score (nSPS) is 11.1. The first-order valence-corrected chi connectivity index (χ1v) is 4.37. The van der Waals surface area contributed by atoms with Gasteiger partial charge in [-0.05, 0) is 12.1 Å². The molecule has 86 valence electrons. The van der Waals surface area contributed by atoms with Crippen LogP contribution in [0, 0.1) is 0 Å². The maximum Gasteiger partial charge on any atom is 0.128 e. The van der Waals surface area contributed by atoms with E-state index in [1.807, 2.05) is 0 Å². The van der Waals surface area contributed by atoms with E-state index in [0.29, 0.717) is 22.6 Å². The van der Waals surface area contributed by atoms with Gasteiger partial charge >= 0.3 is 0 Å². The second kappa shape index (κ2) is 5.59. The van der Waals surface area contributed by atoms with Gasteiger partial charge in [0.1, 0.15) is 11.5 Å². The highest BCUT2D eigenvalue weighted by Gasteiger charge is 2.08. The van der Waals surface area contributed by atoms with Gasteiger partial charge in [0.25, 0.3) is 0 Å². The van der Waals surface area contributed by atoms with E-state index in [1.54, 1.807) is 12.1 Å². The van der Waals surface area contributed by atoms with Crippen molar-refractivity contribution in [3.05, 3.63) is 23.3 Å². The van der Waals surface area contributed by atoms with Crippen molar-refractivity contribution < 1.29 is 19.9 Å². The highest BCUT2D eigenvalue weighted by atomic mass is 16.5. The fraction of sp³-hybridized carbons (Fsp3) is 0.200. The van der Waals surface area contributed by atoms with Gasteiger partial charge in [-0.3, -0.25) is 0 Å². The third kappa shape index (κ3) is 2.41. The Kier molecular flexibility index (Phi) is 4.14. The fourth-order valence-corrected chi connectivity index (χ4v) is 1.27. The van der Waals surface area contributed by atoms with Crippen molar-refractivity contribution >= 4 is 12.4 Å². The molecular weight excluding hydrogens is 212 g/mol. The molecule has 0 aromatic heterocycles. The Morgan fingerprint density at radius 3 is 1.56 bits per heavy atom. The third-order valence-electron chi connectivity index (χ3n) is 1.98. The summed E-state index contributed by atoms with van der Waals surface area (Å²) in [6.45, 7) is 0. The molecule has 16 heavy (non-hydrogen) atoms. The zero-order valence-corrected chi connectivity index (χ0v) is 8.91. The monoisotopic (exact) mass is 224 g/mol. The highest BCUT2D eigenvalue weighted by molar-refractivity contribution is 5.90. The second-order valence-electron chi connectivity index (χ2n) is 2.83. The maximum absolute atomic E-state index is 8.48. The van der Waals surface area contributed by atoms with E-state index < -0.39 is 0 Å². The lowest BCUT2D eigenvalue weighted by Gasteiger charge is -2.09. The van der Waals surface area contributed by atoms with Gasteiger partial charge in [0.15, 0.2) is 0 Å². The van der Waals surface area contributed by atoms with Crippen LogP contribution in [-0.2, 0) is 0 Å². The van der Waals surface area contributed by atoms with Gasteiger partial charge in [-0.25, -0.2) is 0 Å². The quantitative estimate of drug-likeness (QED) is 0.459. The average Bonchev–Trinajstić information content (AvgIpc) is 2.31. The van der Waals surface area contributed by atoms with Crippen LogP contribution >= 0.6 is 0 Å². The Labute approximate surface area is 92.4 Å². The van der Waals surface area contributed by atoms with Gasteiger partial charge in [-0.15, -0.1) is 0 Å². The standard InChI is InChI=1S/C10H12N2O4/c1-15-9-3-8(6-12-14)10(16-2)4-7(9)5-11-13/h3-6,13-14H,1-2H3/b11-5+,12-6+. The number of rotatable bonds is 4. The minimum atomic E-state index is 0.480. The minimum absolute atomic E-state index is 0.480. The van der Waals surface area contributed by atoms with Crippen LogP contribution in [0.2, 0.25) is 0 Å². The van der Waals surface area contributed by atoms with E-state index in [0.717, 1.165) is 0 Å².